The van der Waals surface area contributed by atoms with Crippen molar-refractivity contribution in [2.45, 2.75) is 31.7 Å². The molecule has 0 radical (unpaired) electrons. The minimum Gasteiger partial charge on any atom is -0.481 e. The second kappa shape index (κ2) is 5.48. The zero-order valence-electron chi connectivity index (χ0n) is 11.5. The molecule has 1 heterocycles. The molecule has 1 aromatic rings. The molecule has 0 spiro atoms. The molecule has 0 amide bonds. The van der Waals surface area contributed by atoms with Crippen LogP contribution in [0.25, 0.3) is 0 Å². The maximum absolute atomic E-state index is 12.0. The van der Waals surface area contributed by atoms with Crippen LogP contribution >= 0.6 is 0 Å². The van der Waals surface area contributed by atoms with Crippen molar-refractivity contribution in [3.8, 4) is 0 Å². The van der Waals surface area contributed by atoms with Crippen molar-refractivity contribution < 1.29 is 9.90 Å². The Labute approximate surface area is 115 Å². The van der Waals surface area contributed by atoms with Crippen LogP contribution in [0.3, 0.4) is 0 Å². The van der Waals surface area contributed by atoms with E-state index in [2.05, 4.69) is 10.4 Å². The Morgan fingerprint density at radius 2 is 1.95 bits per heavy atom. The Hall–Kier alpha value is -2.12. The molecule has 2 rings (SSSR count). The number of rotatable bonds is 3. The summed E-state index contributed by atoms with van der Waals surface area (Å²) in [5, 5.41) is 16.0. The van der Waals surface area contributed by atoms with Crippen LogP contribution < -0.4 is 16.6 Å². The molecule has 1 saturated carbocycles. The van der Waals surface area contributed by atoms with Gasteiger partial charge in [-0.2, -0.15) is 0 Å². The Morgan fingerprint density at radius 1 is 1.30 bits per heavy atom. The smallest absolute Gasteiger partial charge is 0.346 e. The first-order chi connectivity index (χ1) is 9.41. The minimum atomic E-state index is -0.871. The fourth-order valence-corrected chi connectivity index (χ4v) is 2.56. The maximum atomic E-state index is 12.0. The monoisotopic (exact) mass is 282 g/mol. The highest BCUT2D eigenvalue weighted by Gasteiger charge is 2.31. The van der Waals surface area contributed by atoms with Gasteiger partial charge in [0.05, 0.1) is 5.92 Å². The molecule has 0 aliphatic heterocycles. The van der Waals surface area contributed by atoms with E-state index in [1.807, 2.05) is 0 Å². The average molecular weight is 282 g/mol. The van der Waals surface area contributed by atoms with Crippen molar-refractivity contribution in [1.29, 1.82) is 0 Å². The topological polar surface area (TPSA) is 106 Å². The third kappa shape index (κ3) is 2.59. The largest absolute Gasteiger partial charge is 0.481 e. The van der Waals surface area contributed by atoms with Crippen molar-refractivity contribution in [3.05, 3.63) is 20.8 Å². The average Bonchev–Trinajstić information content (AvgIpc) is 2.43. The summed E-state index contributed by atoms with van der Waals surface area (Å²) in [7, 11) is 2.82. The van der Waals surface area contributed by atoms with Crippen LogP contribution in [-0.2, 0) is 18.9 Å². The number of hydrogen-bond acceptors (Lipinski definition) is 5. The number of hydrogen-bond donors (Lipinski definition) is 2. The fourth-order valence-electron chi connectivity index (χ4n) is 2.56. The van der Waals surface area contributed by atoms with E-state index in [-0.39, 0.29) is 11.9 Å². The third-order valence-corrected chi connectivity index (χ3v) is 3.73. The number of aliphatic carboxylic acids is 1. The summed E-state index contributed by atoms with van der Waals surface area (Å²) in [4.78, 5) is 34.7. The first-order valence-corrected chi connectivity index (χ1v) is 6.55. The lowest BCUT2D eigenvalue weighted by atomic mass is 9.84. The number of aromatic nitrogens is 3. The number of anilines is 1. The van der Waals surface area contributed by atoms with E-state index in [0.29, 0.717) is 12.8 Å². The van der Waals surface area contributed by atoms with Crippen LogP contribution in [0.15, 0.2) is 9.59 Å². The molecule has 8 heteroatoms. The molecule has 1 aromatic heterocycles. The van der Waals surface area contributed by atoms with Gasteiger partial charge in [0.15, 0.2) is 0 Å². The molecule has 2 atom stereocenters. The van der Waals surface area contributed by atoms with Crippen molar-refractivity contribution in [2.75, 3.05) is 5.32 Å². The molecule has 0 saturated heterocycles. The molecule has 0 aromatic carbocycles. The van der Waals surface area contributed by atoms with Crippen LogP contribution in [-0.4, -0.2) is 31.5 Å². The highest BCUT2D eigenvalue weighted by molar-refractivity contribution is 5.71. The molecule has 20 heavy (non-hydrogen) atoms. The van der Waals surface area contributed by atoms with E-state index in [9.17, 15) is 19.5 Å². The van der Waals surface area contributed by atoms with Crippen molar-refractivity contribution >= 4 is 11.8 Å². The van der Waals surface area contributed by atoms with Gasteiger partial charge in [0.1, 0.15) is 0 Å². The van der Waals surface area contributed by atoms with Crippen molar-refractivity contribution in [2.24, 2.45) is 20.0 Å². The third-order valence-electron chi connectivity index (χ3n) is 3.73. The molecular formula is C12H18N4O4. The molecule has 1 aliphatic rings. The van der Waals surface area contributed by atoms with E-state index < -0.39 is 23.1 Å². The number of nitrogens with zero attached hydrogens (tertiary/aromatic N) is 3. The molecule has 2 unspecified atom stereocenters. The second-order valence-corrected chi connectivity index (χ2v) is 5.10. The van der Waals surface area contributed by atoms with Gasteiger partial charge >= 0.3 is 11.7 Å². The molecule has 1 aliphatic carbocycles. The highest BCUT2D eigenvalue weighted by atomic mass is 16.4. The lowest BCUT2D eigenvalue weighted by molar-refractivity contribution is -0.143. The normalized spacial score (nSPS) is 22.5. The lowest BCUT2D eigenvalue weighted by Crippen LogP contribution is -2.44. The first-order valence-electron chi connectivity index (χ1n) is 6.55. The lowest BCUT2D eigenvalue weighted by Gasteiger charge is -2.29. The van der Waals surface area contributed by atoms with Gasteiger partial charge in [0, 0.05) is 20.1 Å². The molecule has 1 fully saturated rings. The number of carbonyl (C=O) groups is 1. The predicted octanol–water partition coefficient (Wildman–Crippen LogP) is -0.466. The van der Waals surface area contributed by atoms with Crippen LogP contribution in [0.2, 0.25) is 0 Å². The van der Waals surface area contributed by atoms with Crippen molar-refractivity contribution in [1.82, 2.24) is 14.3 Å². The molecule has 110 valence electrons. The van der Waals surface area contributed by atoms with Gasteiger partial charge in [0.2, 0.25) is 5.82 Å². The molecule has 0 bridgehead atoms. The standard InChI is InChI=1S/C12H18N4O4/c1-15-10(17)9(14-16(2)12(15)20)13-8-6-4-3-5-7(8)11(18)19/h7-8H,3-6H2,1-2H3,(H,13,14)(H,18,19). The molecule has 8 nitrogen and oxygen atoms in total. The summed E-state index contributed by atoms with van der Waals surface area (Å²) in [6.07, 6.45) is 3.03. The maximum Gasteiger partial charge on any atom is 0.346 e. The number of nitrogens with one attached hydrogen (secondary N) is 1. The van der Waals surface area contributed by atoms with Crippen LogP contribution in [0, 0.1) is 5.92 Å². The van der Waals surface area contributed by atoms with Gasteiger partial charge in [-0.1, -0.05) is 12.8 Å². The fraction of sp³-hybridized carbons (Fsp3) is 0.667. The minimum absolute atomic E-state index is 0.0211. The zero-order valence-corrected chi connectivity index (χ0v) is 11.5. The summed E-state index contributed by atoms with van der Waals surface area (Å²) in [5.74, 6) is -1.39. The highest BCUT2D eigenvalue weighted by Crippen LogP contribution is 2.26. The SMILES string of the molecule is Cn1nc(NC2CCCCC2C(=O)O)c(=O)n(C)c1=O. The molecular weight excluding hydrogens is 264 g/mol. The van der Waals surface area contributed by atoms with Crippen LogP contribution in [0.5, 0.6) is 0 Å². The Kier molecular flexibility index (Phi) is 3.91. The van der Waals surface area contributed by atoms with E-state index in [0.717, 1.165) is 22.1 Å². The summed E-state index contributed by atoms with van der Waals surface area (Å²) in [5.41, 5.74) is -1.05. The van der Waals surface area contributed by atoms with Crippen molar-refractivity contribution in [3.63, 3.8) is 0 Å². The quantitative estimate of drug-likeness (QED) is 0.776. The van der Waals surface area contributed by atoms with Gasteiger partial charge in [-0.05, 0) is 12.8 Å². The Morgan fingerprint density at radius 3 is 2.60 bits per heavy atom. The van der Waals surface area contributed by atoms with Gasteiger partial charge in [-0.15, -0.1) is 5.10 Å². The van der Waals surface area contributed by atoms with E-state index in [4.69, 9.17) is 0 Å². The van der Waals surface area contributed by atoms with Gasteiger partial charge in [0.25, 0.3) is 5.56 Å². The summed E-state index contributed by atoms with van der Waals surface area (Å²) in [6.45, 7) is 0. The van der Waals surface area contributed by atoms with E-state index in [1.54, 1.807) is 0 Å². The predicted molar refractivity (Wildman–Crippen MR) is 71.7 cm³/mol. The summed E-state index contributed by atoms with van der Waals surface area (Å²) < 4.78 is 2.01. The summed E-state index contributed by atoms with van der Waals surface area (Å²) >= 11 is 0. The number of carboxylic acid groups (broad SMARTS) is 1. The van der Waals surface area contributed by atoms with Gasteiger partial charge in [-0.25, -0.2) is 9.48 Å². The van der Waals surface area contributed by atoms with Crippen LogP contribution in [0.4, 0.5) is 5.82 Å². The number of aryl methyl sites for hydroxylation is 1. The molecule has 2 N–H and O–H groups in total. The van der Waals surface area contributed by atoms with E-state index in [1.165, 1.54) is 14.1 Å². The second-order valence-electron chi connectivity index (χ2n) is 5.10. The first kappa shape index (κ1) is 14.3. The zero-order chi connectivity index (χ0) is 14.9. The number of carboxylic acids is 1. The van der Waals surface area contributed by atoms with Gasteiger partial charge < -0.3 is 10.4 Å². The van der Waals surface area contributed by atoms with Crippen LogP contribution in [0.1, 0.15) is 25.7 Å². The Balaban J connectivity index is 2.32. The summed E-state index contributed by atoms with van der Waals surface area (Å²) in [6, 6.07) is -0.334. The Bertz CT molecular complexity index is 633. The van der Waals surface area contributed by atoms with Gasteiger partial charge in [-0.3, -0.25) is 14.2 Å². The van der Waals surface area contributed by atoms with E-state index >= 15 is 0 Å².